The Hall–Kier alpha value is -5.14. The summed E-state index contributed by atoms with van der Waals surface area (Å²) >= 11 is 0. The summed E-state index contributed by atoms with van der Waals surface area (Å²) < 4.78 is 0. The molecule has 0 amide bonds. The zero-order chi connectivity index (χ0) is 30.9. The number of hydrogen-bond donors (Lipinski definition) is 0. The molecule has 2 bridgehead atoms. The van der Waals surface area contributed by atoms with Crippen LogP contribution in [0.2, 0.25) is 0 Å². The van der Waals surface area contributed by atoms with Gasteiger partial charge in [-0.1, -0.05) is 104 Å². The molecule has 0 radical (unpaired) electrons. The fourth-order valence-corrected chi connectivity index (χ4v) is 9.39. The summed E-state index contributed by atoms with van der Waals surface area (Å²) in [5, 5.41) is 11.9. The van der Waals surface area contributed by atoms with Crippen LogP contribution in [0.4, 0.5) is 0 Å². The molecule has 1 aromatic heterocycles. The van der Waals surface area contributed by atoms with Gasteiger partial charge >= 0.3 is 0 Å². The summed E-state index contributed by atoms with van der Waals surface area (Å²) in [7, 11) is 0. The Morgan fingerprint density at radius 2 is 1.20 bits per heavy atom. The van der Waals surface area contributed by atoms with Gasteiger partial charge in [-0.15, -0.1) is 0 Å². The predicted molar refractivity (Wildman–Crippen MR) is 184 cm³/mol. The van der Waals surface area contributed by atoms with Crippen LogP contribution in [0.5, 0.6) is 0 Å². The molecule has 4 heteroatoms. The number of fused-ring (bicyclic) bond motifs is 2. The highest BCUT2D eigenvalue weighted by Gasteiger charge is 2.65. The van der Waals surface area contributed by atoms with E-state index in [0.717, 1.165) is 44.9 Å². The van der Waals surface area contributed by atoms with Crippen molar-refractivity contribution in [3.63, 3.8) is 0 Å². The number of benzene rings is 5. The third-order valence-corrected chi connectivity index (χ3v) is 11.6. The highest BCUT2D eigenvalue weighted by Crippen LogP contribution is 2.72. The van der Waals surface area contributed by atoms with Gasteiger partial charge in [0.25, 0.3) is 0 Å². The second-order valence-corrected chi connectivity index (χ2v) is 14.0. The van der Waals surface area contributed by atoms with Gasteiger partial charge in [-0.3, -0.25) is 0 Å². The maximum absolute atomic E-state index is 9.87. The van der Waals surface area contributed by atoms with Gasteiger partial charge in [0.05, 0.1) is 11.6 Å². The Morgan fingerprint density at radius 3 is 1.78 bits per heavy atom. The number of rotatable bonds is 5. The fraction of sp³-hybridized carbons (Fsp3) is 0.238. The number of nitrogens with zero attached hydrogens (tertiary/aromatic N) is 4. The minimum absolute atomic E-state index is 0.352. The molecule has 222 valence electrons. The van der Waals surface area contributed by atoms with Crippen LogP contribution in [0.25, 0.3) is 56.1 Å². The molecule has 4 atom stereocenters. The lowest BCUT2D eigenvalue weighted by molar-refractivity contribution is 0.195. The van der Waals surface area contributed by atoms with Crippen molar-refractivity contribution >= 4 is 10.8 Å². The van der Waals surface area contributed by atoms with Crippen molar-refractivity contribution < 1.29 is 0 Å². The first-order chi connectivity index (χ1) is 22.5. The average molecular weight is 595 g/mol. The topological polar surface area (TPSA) is 62.5 Å². The maximum Gasteiger partial charge on any atom is 0.164 e. The minimum atomic E-state index is 0.352. The maximum atomic E-state index is 9.87. The van der Waals surface area contributed by atoms with Crippen LogP contribution in [0.3, 0.4) is 0 Å². The van der Waals surface area contributed by atoms with Gasteiger partial charge in [-0.05, 0) is 100 Å². The van der Waals surface area contributed by atoms with E-state index in [4.69, 9.17) is 15.0 Å². The molecule has 6 aromatic rings. The molecular formula is C42H34N4. The molecule has 0 aliphatic heterocycles. The standard InChI is InChI=1S/C42H34N4/c1-41-26-42(23-32(41)17-18-33(41)24-42)31-15-13-28(14-16-31)34-20-21-36(35-19-12-27(25-43)22-37(34)35)40-45-38(29-8-4-2-5-9-29)44-39(46-40)30-10-6-3-7-11-30/h2-16,19-22,32-33H,17-18,23-24,26H2,1H3/t32-,33+,41?,42?. The molecule has 5 aromatic carbocycles. The van der Waals surface area contributed by atoms with E-state index in [2.05, 4.69) is 49.4 Å². The van der Waals surface area contributed by atoms with Crippen LogP contribution < -0.4 is 0 Å². The van der Waals surface area contributed by atoms with Crippen LogP contribution in [0.1, 0.15) is 50.2 Å². The summed E-state index contributed by atoms with van der Waals surface area (Å²) in [6.45, 7) is 2.57. The highest BCUT2D eigenvalue weighted by atomic mass is 15.0. The largest absolute Gasteiger partial charge is 0.208 e. The van der Waals surface area contributed by atoms with Crippen molar-refractivity contribution in [3.8, 4) is 51.4 Å². The van der Waals surface area contributed by atoms with E-state index in [0.29, 0.717) is 33.9 Å². The Morgan fingerprint density at radius 1 is 0.609 bits per heavy atom. The predicted octanol–water partition coefficient (Wildman–Crippen LogP) is 10.0. The first kappa shape index (κ1) is 27.2. The Bertz CT molecular complexity index is 2090. The molecule has 4 nitrogen and oxygen atoms in total. The van der Waals surface area contributed by atoms with E-state index in [1.165, 1.54) is 43.2 Å². The molecule has 1 heterocycles. The molecule has 3 fully saturated rings. The number of aromatic nitrogens is 3. The summed E-state index contributed by atoms with van der Waals surface area (Å²) in [6, 6.07) is 42.1. The van der Waals surface area contributed by atoms with Crippen LogP contribution >= 0.6 is 0 Å². The van der Waals surface area contributed by atoms with E-state index in [9.17, 15) is 5.26 Å². The lowest BCUT2D eigenvalue weighted by Crippen LogP contribution is -2.26. The SMILES string of the molecule is CC12CC3(c4ccc(-c5ccc(-c6nc(-c7ccccc7)nc(-c7ccccc7)n6)c6ccc(C#N)cc56)cc4)C[C@H]1CC[C@H]2C3. The zero-order valence-corrected chi connectivity index (χ0v) is 25.9. The smallest absolute Gasteiger partial charge is 0.164 e. The number of nitriles is 1. The molecule has 0 N–H and O–H groups in total. The zero-order valence-electron chi connectivity index (χ0n) is 25.9. The molecular weight excluding hydrogens is 560 g/mol. The summed E-state index contributed by atoms with van der Waals surface area (Å²) in [4.78, 5) is 14.9. The summed E-state index contributed by atoms with van der Waals surface area (Å²) in [5.74, 6) is 3.67. The minimum Gasteiger partial charge on any atom is -0.208 e. The van der Waals surface area contributed by atoms with Crippen molar-refractivity contribution in [1.29, 1.82) is 5.26 Å². The van der Waals surface area contributed by atoms with E-state index >= 15 is 0 Å². The van der Waals surface area contributed by atoms with Crippen LogP contribution in [0, 0.1) is 28.6 Å². The number of hydrogen-bond acceptors (Lipinski definition) is 4. The van der Waals surface area contributed by atoms with Gasteiger partial charge in [-0.25, -0.2) is 15.0 Å². The van der Waals surface area contributed by atoms with Gasteiger partial charge in [0.15, 0.2) is 17.5 Å². The molecule has 0 saturated heterocycles. The molecule has 0 spiro atoms. The third kappa shape index (κ3) is 4.15. The van der Waals surface area contributed by atoms with E-state index in [-0.39, 0.29) is 0 Å². The molecule has 2 unspecified atom stereocenters. The molecule has 46 heavy (non-hydrogen) atoms. The quantitative estimate of drug-likeness (QED) is 0.199. The molecule has 3 aliphatic carbocycles. The Balaban J connectivity index is 1.17. The van der Waals surface area contributed by atoms with Gasteiger partial charge in [-0.2, -0.15) is 5.26 Å². The van der Waals surface area contributed by atoms with Gasteiger partial charge in [0.1, 0.15) is 0 Å². The summed E-state index contributed by atoms with van der Waals surface area (Å²) in [5.41, 5.74) is 8.13. The normalized spacial score (nSPS) is 24.3. The lowest BCUT2D eigenvalue weighted by atomic mass is 9.72. The molecule has 3 saturated carbocycles. The Kier molecular flexibility index (Phi) is 6.02. The van der Waals surface area contributed by atoms with E-state index in [1.54, 1.807) is 0 Å². The van der Waals surface area contributed by atoms with Gasteiger partial charge < -0.3 is 0 Å². The van der Waals surface area contributed by atoms with Crippen LogP contribution in [-0.4, -0.2) is 15.0 Å². The lowest BCUT2D eigenvalue weighted by Gasteiger charge is -2.33. The first-order valence-electron chi connectivity index (χ1n) is 16.5. The van der Waals surface area contributed by atoms with Crippen molar-refractivity contribution in [2.75, 3.05) is 0 Å². The average Bonchev–Trinajstić information content (AvgIpc) is 3.62. The Labute approximate surface area is 269 Å². The van der Waals surface area contributed by atoms with Gasteiger partial charge in [0, 0.05) is 16.7 Å². The molecule has 3 aliphatic rings. The first-order valence-corrected chi connectivity index (χ1v) is 16.5. The van der Waals surface area contributed by atoms with Crippen molar-refractivity contribution in [3.05, 3.63) is 126 Å². The van der Waals surface area contributed by atoms with Crippen molar-refractivity contribution in [2.24, 2.45) is 17.3 Å². The van der Waals surface area contributed by atoms with Crippen molar-refractivity contribution in [1.82, 2.24) is 15.0 Å². The van der Waals surface area contributed by atoms with Crippen LogP contribution in [-0.2, 0) is 5.41 Å². The van der Waals surface area contributed by atoms with E-state index in [1.807, 2.05) is 78.9 Å². The van der Waals surface area contributed by atoms with Gasteiger partial charge in [0.2, 0.25) is 0 Å². The molecule has 9 rings (SSSR count). The van der Waals surface area contributed by atoms with E-state index < -0.39 is 0 Å². The third-order valence-electron chi connectivity index (χ3n) is 11.6. The van der Waals surface area contributed by atoms with Crippen LogP contribution in [0.15, 0.2) is 115 Å². The second-order valence-electron chi connectivity index (χ2n) is 14.0. The summed E-state index contributed by atoms with van der Waals surface area (Å²) in [6.07, 6.45) is 6.89. The fourth-order valence-electron chi connectivity index (χ4n) is 9.39. The van der Waals surface area contributed by atoms with Crippen molar-refractivity contribution in [2.45, 2.75) is 44.4 Å². The second kappa shape index (κ2) is 10.2. The monoisotopic (exact) mass is 594 g/mol. The highest BCUT2D eigenvalue weighted by molar-refractivity contribution is 6.04.